The second-order valence-electron chi connectivity index (χ2n) is 5.36. The second kappa shape index (κ2) is 6.07. The van der Waals surface area contributed by atoms with Crippen LogP contribution in [0.4, 0.5) is 4.79 Å². The van der Waals surface area contributed by atoms with Crippen LogP contribution >= 0.6 is 0 Å². The molecule has 5 nitrogen and oxygen atoms in total. The maximum atomic E-state index is 12.0. The van der Waals surface area contributed by atoms with Crippen molar-refractivity contribution >= 4 is 12.0 Å². The number of nitrogens with zero attached hydrogens (tertiary/aromatic N) is 1. The summed E-state index contributed by atoms with van der Waals surface area (Å²) in [4.78, 5) is 25.0. The van der Waals surface area contributed by atoms with E-state index >= 15 is 0 Å². The van der Waals surface area contributed by atoms with Crippen LogP contribution in [0.1, 0.15) is 44.9 Å². The van der Waals surface area contributed by atoms with Gasteiger partial charge in [-0.1, -0.05) is 19.3 Å². The van der Waals surface area contributed by atoms with E-state index < -0.39 is 12.0 Å². The summed E-state index contributed by atoms with van der Waals surface area (Å²) >= 11 is 0. The van der Waals surface area contributed by atoms with Gasteiger partial charge in [-0.2, -0.15) is 0 Å². The van der Waals surface area contributed by atoms with Gasteiger partial charge in [-0.05, 0) is 31.6 Å². The quantitative estimate of drug-likeness (QED) is 0.807. The van der Waals surface area contributed by atoms with Crippen molar-refractivity contribution in [2.75, 3.05) is 13.1 Å². The molecule has 1 saturated heterocycles. The molecule has 102 valence electrons. The van der Waals surface area contributed by atoms with E-state index in [9.17, 15) is 14.7 Å². The van der Waals surface area contributed by atoms with Crippen LogP contribution in [0.3, 0.4) is 0 Å². The fourth-order valence-corrected chi connectivity index (χ4v) is 2.99. The molecule has 18 heavy (non-hydrogen) atoms. The number of aliphatic carboxylic acids is 1. The van der Waals surface area contributed by atoms with Crippen molar-refractivity contribution in [3.05, 3.63) is 0 Å². The number of carboxylic acids is 1. The van der Waals surface area contributed by atoms with E-state index in [1.807, 2.05) is 0 Å². The third kappa shape index (κ3) is 3.15. The largest absolute Gasteiger partial charge is 0.480 e. The molecule has 1 atom stereocenters. The number of amides is 2. The normalized spacial score (nSPS) is 22.8. The zero-order valence-corrected chi connectivity index (χ0v) is 10.7. The zero-order chi connectivity index (χ0) is 13.0. The maximum Gasteiger partial charge on any atom is 0.326 e. The van der Waals surface area contributed by atoms with Crippen LogP contribution in [-0.2, 0) is 4.79 Å². The van der Waals surface area contributed by atoms with Gasteiger partial charge in [0.05, 0.1) is 0 Å². The van der Waals surface area contributed by atoms with Gasteiger partial charge < -0.3 is 15.3 Å². The van der Waals surface area contributed by atoms with Gasteiger partial charge >= 0.3 is 12.0 Å². The summed E-state index contributed by atoms with van der Waals surface area (Å²) < 4.78 is 0. The summed E-state index contributed by atoms with van der Waals surface area (Å²) in [7, 11) is 0. The van der Waals surface area contributed by atoms with E-state index in [4.69, 9.17) is 0 Å². The second-order valence-corrected chi connectivity index (χ2v) is 5.36. The van der Waals surface area contributed by atoms with Gasteiger partial charge in [-0.15, -0.1) is 0 Å². The van der Waals surface area contributed by atoms with E-state index in [1.165, 1.54) is 6.42 Å². The number of likely N-dealkylation sites (tertiary alicyclic amines) is 1. The van der Waals surface area contributed by atoms with Crippen LogP contribution in [0, 0.1) is 5.92 Å². The maximum absolute atomic E-state index is 12.0. The van der Waals surface area contributed by atoms with Crippen LogP contribution in [0.25, 0.3) is 0 Å². The molecule has 0 aromatic heterocycles. The minimum Gasteiger partial charge on any atom is -0.480 e. The number of carboxylic acid groups (broad SMARTS) is 1. The summed E-state index contributed by atoms with van der Waals surface area (Å²) in [6.07, 6.45) is 7.21. The lowest BCUT2D eigenvalue weighted by molar-refractivity contribution is -0.141. The molecule has 2 aliphatic rings. The van der Waals surface area contributed by atoms with Gasteiger partial charge in [0.2, 0.25) is 0 Å². The molecule has 5 heteroatoms. The monoisotopic (exact) mass is 254 g/mol. The first-order chi connectivity index (χ1) is 8.68. The fourth-order valence-electron chi connectivity index (χ4n) is 2.99. The number of hydrogen-bond donors (Lipinski definition) is 2. The molecule has 1 unspecified atom stereocenters. The lowest BCUT2D eigenvalue weighted by atomic mass is 9.84. The highest BCUT2D eigenvalue weighted by Crippen LogP contribution is 2.26. The summed E-state index contributed by atoms with van der Waals surface area (Å²) in [5, 5.41) is 12.0. The van der Waals surface area contributed by atoms with Crippen LogP contribution in [-0.4, -0.2) is 41.1 Å². The first-order valence-electron chi connectivity index (χ1n) is 6.97. The Bertz CT molecular complexity index is 307. The topological polar surface area (TPSA) is 69.6 Å². The Hall–Kier alpha value is -1.26. The first-order valence-corrected chi connectivity index (χ1v) is 6.97. The van der Waals surface area contributed by atoms with E-state index in [0.717, 1.165) is 51.6 Å². The summed E-state index contributed by atoms with van der Waals surface area (Å²) in [5.41, 5.74) is 0. The highest BCUT2D eigenvalue weighted by molar-refractivity contribution is 5.83. The highest BCUT2D eigenvalue weighted by atomic mass is 16.4. The molecule has 0 radical (unpaired) electrons. The average Bonchev–Trinajstić information content (AvgIpc) is 2.90. The van der Waals surface area contributed by atoms with Crippen LogP contribution < -0.4 is 5.32 Å². The van der Waals surface area contributed by atoms with Crippen molar-refractivity contribution in [2.45, 2.75) is 51.0 Å². The Morgan fingerprint density at radius 2 is 1.67 bits per heavy atom. The van der Waals surface area contributed by atoms with Gasteiger partial charge in [-0.3, -0.25) is 0 Å². The predicted octanol–water partition coefficient (Wildman–Crippen LogP) is 1.83. The van der Waals surface area contributed by atoms with Crippen molar-refractivity contribution in [3.63, 3.8) is 0 Å². The van der Waals surface area contributed by atoms with Crippen molar-refractivity contribution in [3.8, 4) is 0 Å². The Morgan fingerprint density at radius 3 is 2.22 bits per heavy atom. The van der Waals surface area contributed by atoms with E-state index in [1.54, 1.807) is 4.90 Å². The third-order valence-electron chi connectivity index (χ3n) is 4.06. The minimum absolute atomic E-state index is 0.0998. The van der Waals surface area contributed by atoms with E-state index in [-0.39, 0.29) is 11.9 Å². The highest BCUT2D eigenvalue weighted by Gasteiger charge is 2.32. The molecular weight excluding hydrogens is 232 g/mol. The molecule has 2 N–H and O–H groups in total. The number of urea groups is 1. The molecule has 0 spiro atoms. The molecule has 1 aliphatic heterocycles. The molecular formula is C13H22N2O3. The molecule has 2 fully saturated rings. The Kier molecular flexibility index (Phi) is 4.44. The van der Waals surface area contributed by atoms with E-state index in [2.05, 4.69) is 5.32 Å². The molecule has 1 saturated carbocycles. The molecule has 0 aromatic carbocycles. The SMILES string of the molecule is O=C(O)C(NC(=O)N1CCCC1)C1CCCCC1. The summed E-state index contributed by atoms with van der Waals surface area (Å²) in [5.74, 6) is -0.794. The smallest absolute Gasteiger partial charge is 0.326 e. The van der Waals surface area contributed by atoms with Crippen molar-refractivity contribution in [1.29, 1.82) is 0 Å². The van der Waals surface area contributed by atoms with Crippen LogP contribution in [0.5, 0.6) is 0 Å². The van der Waals surface area contributed by atoms with Crippen molar-refractivity contribution in [1.82, 2.24) is 10.2 Å². The fraction of sp³-hybridized carbons (Fsp3) is 0.846. The predicted molar refractivity (Wildman–Crippen MR) is 67.3 cm³/mol. The number of nitrogens with one attached hydrogen (secondary N) is 1. The lowest BCUT2D eigenvalue weighted by Crippen LogP contribution is -2.50. The molecule has 1 aliphatic carbocycles. The molecule has 0 aromatic rings. The zero-order valence-electron chi connectivity index (χ0n) is 10.7. The number of rotatable bonds is 3. The van der Waals surface area contributed by atoms with Gasteiger partial charge in [-0.25, -0.2) is 9.59 Å². The Labute approximate surface area is 108 Å². The van der Waals surface area contributed by atoms with Gasteiger partial charge in [0.25, 0.3) is 0 Å². The molecule has 2 amide bonds. The minimum atomic E-state index is -0.894. The first kappa shape index (κ1) is 13.2. The molecule has 0 bridgehead atoms. The average molecular weight is 254 g/mol. The third-order valence-corrected chi connectivity index (χ3v) is 4.06. The van der Waals surface area contributed by atoms with Crippen LogP contribution in [0.2, 0.25) is 0 Å². The number of hydrogen-bond acceptors (Lipinski definition) is 2. The lowest BCUT2D eigenvalue weighted by Gasteiger charge is -2.29. The molecule has 2 rings (SSSR count). The summed E-state index contributed by atoms with van der Waals surface area (Å²) in [6, 6.07) is -0.913. The standard InChI is InChI=1S/C13H22N2O3/c16-12(17)11(10-6-2-1-3-7-10)14-13(18)15-8-4-5-9-15/h10-11H,1-9H2,(H,14,18)(H,16,17). The summed E-state index contributed by atoms with van der Waals surface area (Å²) in [6.45, 7) is 1.51. The van der Waals surface area contributed by atoms with Gasteiger partial charge in [0.1, 0.15) is 6.04 Å². The Balaban J connectivity index is 1.92. The van der Waals surface area contributed by atoms with Crippen LogP contribution in [0.15, 0.2) is 0 Å². The number of carbonyl (C=O) groups excluding carboxylic acids is 1. The number of carbonyl (C=O) groups is 2. The van der Waals surface area contributed by atoms with Gasteiger partial charge in [0, 0.05) is 13.1 Å². The molecule has 1 heterocycles. The van der Waals surface area contributed by atoms with Gasteiger partial charge in [0.15, 0.2) is 0 Å². The van der Waals surface area contributed by atoms with E-state index in [0.29, 0.717) is 0 Å². The Morgan fingerprint density at radius 1 is 1.06 bits per heavy atom. The van der Waals surface area contributed by atoms with Crippen molar-refractivity contribution < 1.29 is 14.7 Å². The van der Waals surface area contributed by atoms with Crippen molar-refractivity contribution in [2.24, 2.45) is 5.92 Å².